The SMILES string of the molecule is Cc1scc[n+]1Cc1ccccc1[N+](=O)[O-].[Cl-]. The first-order chi connectivity index (χ1) is 7.68. The minimum absolute atomic E-state index is 0. The van der Waals surface area contributed by atoms with Gasteiger partial charge in [-0.25, -0.2) is 0 Å². The summed E-state index contributed by atoms with van der Waals surface area (Å²) < 4.78 is 2.01. The Labute approximate surface area is 109 Å². The molecule has 0 bridgehead atoms. The van der Waals surface area contributed by atoms with Crippen LogP contribution < -0.4 is 17.0 Å². The van der Waals surface area contributed by atoms with Gasteiger partial charge in [-0.05, 0) is 6.07 Å². The number of rotatable bonds is 3. The Morgan fingerprint density at radius 3 is 2.71 bits per heavy atom. The lowest BCUT2D eigenvalue weighted by atomic mass is 10.2. The predicted molar refractivity (Wildman–Crippen MR) is 61.4 cm³/mol. The van der Waals surface area contributed by atoms with Crippen LogP contribution in [0.25, 0.3) is 0 Å². The van der Waals surface area contributed by atoms with E-state index < -0.39 is 0 Å². The van der Waals surface area contributed by atoms with E-state index in [-0.39, 0.29) is 23.0 Å². The van der Waals surface area contributed by atoms with Crippen molar-refractivity contribution in [2.45, 2.75) is 13.5 Å². The predicted octanol–water partition coefficient (Wildman–Crippen LogP) is -0.695. The number of hydrogen-bond acceptors (Lipinski definition) is 3. The Morgan fingerprint density at radius 1 is 1.41 bits per heavy atom. The average molecular weight is 271 g/mol. The fraction of sp³-hybridized carbons (Fsp3) is 0.182. The molecule has 2 aromatic rings. The van der Waals surface area contributed by atoms with Crippen LogP contribution in [0, 0.1) is 17.0 Å². The second-order valence-electron chi connectivity index (χ2n) is 3.44. The molecule has 6 heteroatoms. The summed E-state index contributed by atoms with van der Waals surface area (Å²) in [6.07, 6.45) is 1.94. The van der Waals surface area contributed by atoms with E-state index in [1.54, 1.807) is 23.5 Å². The molecule has 0 saturated carbocycles. The zero-order valence-electron chi connectivity index (χ0n) is 9.17. The molecule has 4 nitrogen and oxygen atoms in total. The third kappa shape index (κ3) is 3.01. The summed E-state index contributed by atoms with van der Waals surface area (Å²) in [4.78, 5) is 10.5. The third-order valence-electron chi connectivity index (χ3n) is 2.41. The Morgan fingerprint density at radius 2 is 2.12 bits per heavy atom. The number of aryl methyl sites for hydroxylation is 1. The highest BCUT2D eigenvalue weighted by Gasteiger charge is 2.17. The van der Waals surface area contributed by atoms with Gasteiger partial charge in [0.05, 0.1) is 15.9 Å². The van der Waals surface area contributed by atoms with Gasteiger partial charge in [-0.1, -0.05) is 23.5 Å². The molecule has 1 aromatic carbocycles. The molecule has 1 aromatic heterocycles. The second kappa shape index (κ2) is 5.75. The number of aromatic nitrogens is 1. The highest BCUT2D eigenvalue weighted by molar-refractivity contribution is 7.09. The minimum Gasteiger partial charge on any atom is -1.00 e. The first-order valence-corrected chi connectivity index (χ1v) is 5.72. The van der Waals surface area contributed by atoms with E-state index in [1.807, 2.05) is 29.1 Å². The first-order valence-electron chi connectivity index (χ1n) is 4.84. The Bertz CT molecular complexity index is 528. The monoisotopic (exact) mass is 270 g/mol. The zero-order chi connectivity index (χ0) is 11.5. The van der Waals surface area contributed by atoms with Crippen molar-refractivity contribution in [1.82, 2.24) is 0 Å². The lowest BCUT2D eigenvalue weighted by Gasteiger charge is -1.98. The molecule has 0 amide bonds. The molecule has 0 atom stereocenters. The van der Waals surface area contributed by atoms with Crippen LogP contribution in [0.15, 0.2) is 35.8 Å². The van der Waals surface area contributed by atoms with Gasteiger partial charge >= 0.3 is 0 Å². The van der Waals surface area contributed by atoms with Crippen molar-refractivity contribution < 1.29 is 21.9 Å². The number of nitro groups is 1. The number of halogens is 1. The molecular formula is C11H11ClN2O2S. The maximum Gasteiger partial charge on any atom is 0.278 e. The molecule has 0 N–H and O–H groups in total. The summed E-state index contributed by atoms with van der Waals surface area (Å²) in [6.45, 7) is 2.55. The van der Waals surface area contributed by atoms with Gasteiger partial charge in [0.15, 0.2) is 12.7 Å². The summed E-state index contributed by atoms with van der Waals surface area (Å²) in [7, 11) is 0. The van der Waals surface area contributed by atoms with Crippen LogP contribution in [0.3, 0.4) is 0 Å². The number of nitro benzene ring substituents is 1. The average Bonchev–Trinajstić information content (AvgIpc) is 2.65. The largest absolute Gasteiger partial charge is 1.00 e. The van der Waals surface area contributed by atoms with Crippen LogP contribution >= 0.6 is 11.3 Å². The van der Waals surface area contributed by atoms with E-state index in [2.05, 4.69) is 0 Å². The van der Waals surface area contributed by atoms with Crippen LogP contribution in [-0.4, -0.2) is 4.92 Å². The van der Waals surface area contributed by atoms with Crippen molar-refractivity contribution in [2.24, 2.45) is 0 Å². The normalized spacial score (nSPS) is 9.71. The van der Waals surface area contributed by atoms with Crippen LogP contribution in [0.2, 0.25) is 0 Å². The smallest absolute Gasteiger partial charge is 0.278 e. The maximum atomic E-state index is 10.8. The third-order valence-corrected chi connectivity index (χ3v) is 3.25. The number of benzene rings is 1. The molecule has 0 unspecified atom stereocenters. The fourth-order valence-electron chi connectivity index (χ4n) is 1.55. The van der Waals surface area contributed by atoms with Crippen LogP contribution in [0.5, 0.6) is 0 Å². The molecule has 0 aliphatic heterocycles. The zero-order valence-corrected chi connectivity index (χ0v) is 10.7. The number of nitrogens with zero attached hydrogens (tertiary/aromatic N) is 2. The van der Waals surface area contributed by atoms with Gasteiger partial charge < -0.3 is 12.4 Å². The van der Waals surface area contributed by atoms with Crippen molar-refractivity contribution in [3.63, 3.8) is 0 Å². The van der Waals surface area contributed by atoms with Crippen LogP contribution in [0.1, 0.15) is 10.6 Å². The van der Waals surface area contributed by atoms with Crippen molar-refractivity contribution in [1.29, 1.82) is 0 Å². The van der Waals surface area contributed by atoms with Gasteiger partial charge in [-0.15, -0.1) is 0 Å². The standard InChI is InChI=1S/C11H11N2O2S.ClH/c1-9-12(6-7-16-9)8-10-4-2-3-5-11(10)13(14)15;/h2-7H,8H2,1H3;1H/q+1;/p-1. The van der Waals surface area contributed by atoms with E-state index in [0.29, 0.717) is 6.54 Å². The topological polar surface area (TPSA) is 47.0 Å². The molecule has 17 heavy (non-hydrogen) atoms. The molecule has 0 fully saturated rings. The van der Waals surface area contributed by atoms with E-state index in [9.17, 15) is 10.1 Å². The minimum atomic E-state index is -0.336. The van der Waals surface area contributed by atoms with E-state index in [1.165, 1.54) is 6.07 Å². The summed E-state index contributed by atoms with van der Waals surface area (Å²) in [5.41, 5.74) is 0.916. The summed E-state index contributed by atoms with van der Waals surface area (Å²) in [5.74, 6) is 0. The van der Waals surface area contributed by atoms with E-state index >= 15 is 0 Å². The number of hydrogen-bond donors (Lipinski definition) is 0. The Hall–Kier alpha value is -1.46. The highest BCUT2D eigenvalue weighted by Crippen LogP contribution is 2.17. The number of para-hydroxylation sites is 1. The van der Waals surface area contributed by atoms with Gasteiger partial charge in [0.2, 0.25) is 5.01 Å². The van der Waals surface area contributed by atoms with Crippen molar-refractivity contribution in [3.05, 3.63) is 56.5 Å². The van der Waals surface area contributed by atoms with Crippen molar-refractivity contribution in [3.8, 4) is 0 Å². The number of thiazole rings is 1. The van der Waals surface area contributed by atoms with Crippen molar-refractivity contribution in [2.75, 3.05) is 0 Å². The van der Waals surface area contributed by atoms with Crippen LogP contribution in [-0.2, 0) is 6.54 Å². The molecule has 0 aliphatic rings. The van der Waals surface area contributed by atoms with Gasteiger partial charge in [0.25, 0.3) is 5.69 Å². The summed E-state index contributed by atoms with van der Waals surface area (Å²) in [5, 5.41) is 13.9. The fourth-order valence-corrected chi connectivity index (χ4v) is 2.21. The van der Waals surface area contributed by atoms with Gasteiger partial charge in [-0.3, -0.25) is 10.1 Å². The van der Waals surface area contributed by atoms with E-state index in [0.717, 1.165) is 10.6 Å². The maximum absolute atomic E-state index is 10.8. The summed E-state index contributed by atoms with van der Waals surface area (Å²) >= 11 is 1.63. The lowest BCUT2D eigenvalue weighted by Crippen LogP contribution is -3.00. The molecule has 2 rings (SSSR count). The highest BCUT2D eigenvalue weighted by atomic mass is 35.5. The molecule has 0 aliphatic carbocycles. The lowest BCUT2D eigenvalue weighted by molar-refractivity contribution is -0.689. The molecule has 1 heterocycles. The second-order valence-corrected chi connectivity index (χ2v) is 4.53. The van der Waals surface area contributed by atoms with Gasteiger partial charge in [0, 0.05) is 13.0 Å². The Balaban J connectivity index is 0.00000144. The van der Waals surface area contributed by atoms with E-state index in [4.69, 9.17) is 0 Å². The molecule has 0 saturated heterocycles. The Kier molecular flexibility index (Phi) is 4.60. The van der Waals surface area contributed by atoms with Crippen LogP contribution in [0.4, 0.5) is 5.69 Å². The summed E-state index contributed by atoms with van der Waals surface area (Å²) in [6, 6.07) is 6.84. The van der Waals surface area contributed by atoms with Crippen molar-refractivity contribution >= 4 is 17.0 Å². The first kappa shape index (κ1) is 13.6. The molecule has 0 spiro atoms. The van der Waals surface area contributed by atoms with Gasteiger partial charge in [-0.2, -0.15) is 4.57 Å². The molecule has 0 radical (unpaired) electrons. The quantitative estimate of drug-likeness (QED) is 0.421. The molecule has 90 valence electrons. The molecular weight excluding hydrogens is 260 g/mol. The van der Waals surface area contributed by atoms with Gasteiger partial charge in [0.1, 0.15) is 0 Å².